The van der Waals surface area contributed by atoms with E-state index in [1.165, 1.54) is 41.8 Å². The predicted octanol–water partition coefficient (Wildman–Crippen LogP) is 4.68. The summed E-state index contributed by atoms with van der Waals surface area (Å²) in [5.74, 6) is 0.756. The van der Waals surface area contributed by atoms with Crippen molar-refractivity contribution in [2.24, 2.45) is 5.92 Å². The van der Waals surface area contributed by atoms with Crippen LogP contribution in [0.15, 0.2) is 30.3 Å². The molecule has 3 nitrogen and oxygen atoms in total. The molecule has 0 radical (unpaired) electrons. The van der Waals surface area contributed by atoms with Gasteiger partial charge in [0.15, 0.2) is 0 Å². The van der Waals surface area contributed by atoms with Crippen molar-refractivity contribution in [2.45, 2.75) is 40.2 Å². The highest BCUT2D eigenvalue weighted by atomic mass is 32.1. The standard InChI is InChI=1S/C21H25N3S/c1-14-8-19(9-15(2)22-14)10-18-6-7-24(13-18)12-17-4-5-21-20(11-17)23-16(3)25-21/h4-5,8-9,11,18H,6-7,10,12-13H2,1-3H3. The molecule has 1 saturated heterocycles. The Morgan fingerprint density at radius 1 is 1.04 bits per heavy atom. The van der Waals surface area contributed by atoms with Crippen LogP contribution in [-0.4, -0.2) is 28.0 Å². The summed E-state index contributed by atoms with van der Waals surface area (Å²) in [6.45, 7) is 9.69. The molecule has 1 aliphatic heterocycles. The van der Waals surface area contributed by atoms with Crippen molar-refractivity contribution >= 4 is 21.6 Å². The Morgan fingerprint density at radius 3 is 2.64 bits per heavy atom. The summed E-state index contributed by atoms with van der Waals surface area (Å²) in [7, 11) is 0. The van der Waals surface area contributed by atoms with Crippen molar-refractivity contribution in [1.82, 2.24) is 14.9 Å². The number of pyridine rings is 1. The maximum Gasteiger partial charge on any atom is 0.0907 e. The molecule has 130 valence electrons. The first-order valence-electron chi connectivity index (χ1n) is 9.08. The molecular weight excluding hydrogens is 326 g/mol. The minimum absolute atomic E-state index is 0.756. The number of rotatable bonds is 4. The number of likely N-dealkylation sites (tertiary alicyclic amines) is 1. The predicted molar refractivity (Wildman–Crippen MR) is 105 cm³/mol. The molecule has 3 heterocycles. The first kappa shape index (κ1) is 16.7. The molecule has 1 aliphatic rings. The van der Waals surface area contributed by atoms with Crippen LogP contribution in [-0.2, 0) is 13.0 Å². The summed E-state index contributed by atoms with van der Waals surface area (Å²) in [6.07, 6.45) is 2.46. The summed E-state index contributed by atoms with van der Waals surface area (Å²) < 4.78 is 1.30. The van der Waals surface area contributed by atoms with E-state index in [1.807, 2.05) is 0 Å². The topological polar surface area (TPSA) is 29.0 Å². The Kier molecular flexibility index (Phi) is 4.57. The van der Waals surface area contributed by atoms with E-state index in [4.69, 9.17) is 0 Å². The van der Waals surface area contributed by atoms with E-state index in [1.54, 1.807) is 11.3 Å². The van der Waals surface area contributed by atoms with Crippen molar-refractivity contribution in [2.75, 3.05) is 13.1 Å². The Morgan fingerprint density at radius 2 is 1.84 bits per heavy atom. The number of benzene rings is 1. The molecular formula is C21H25N3S. The minimum Gasteiger partial charge on any atom is -0.299 e. The third kappa shape index (κ3) is 3.91. The van der Waals surface area contributed by atoms with Gasteiger partial charge in [-0.1, -0.05) is 6.07 Å². The second kappa shape index (κ2) is 6.85. The van der Waals surface area contributed by atoms with E-state index in [9.17, 15) is 0 Å². The van der Waals surface area contributed by atoms with Gasteiger partial charge in [0.2, 0.25) is 0 Å². The maximum atomic E-state index is 4.63. The lowest BCUT2D eigenvalue weighted by atomic mass is 9.98. The summed E-state index contributed by atoms with van der Waals surface area (Å²) in [6, 6.07) is 11.2. The molecule has 25 heavy (non-hydrogen) atoms. The molecule has 0 spiro atoms. The molecule has 2 aromatic heterocycles. The second-order valence-electron chi connectivity index (χ2n) is 7.39. The molecule has 0 N–H and O–H groups in total. The fraction of sp³-hybridized carbons (Fsp3) is 0.429. The highest BCUT2D eigenvalue weighted by Gasteiger charge is 2.23. The lowest BCUT2D eigenvalue weighted by Crippen LogP contribution is -2.20. The maximum absolute atomic E-state index is 4.63. The van der Waals surface area contributed by atoms with Gasteiger partial charge in [0.05, 0.1) is 15.2 Å². The van der Waals surface area contributed by atoms with Crippen LogP contribution in [0.4, 0.5) is 0 Å². The Hall–Kier alpha value is -1.78. The summed E-state index contributed by atoms with van der Waals surface area (Å²) in [4.78, 5) is 11.7. The Labute approximate surface area is 153 Å². The lowest BCUT2D eigenvalue weighted by Gasteiger charge is -2.16. The molecule has 1 aromatic carbocycles. The molecule has 1 unspecified atom stereocenters. The van der Waals surface area contributed by atoms with E-state index in [2.05, 4.69) is 66.0 Å². The van der Waals surface area contributed by atoms with E-state index >= 15 is 0 Å². The van der Waals surface area contributed by atoms with Gasteiger partial charge in [-0.15, -0.1) is 11.3 Å². The van der Waals surface area contributed by atoms with Crippen LogP contribution in [0.1, 0.15) is 33.9 Å². The van der Waals surface area contributed by atoms with Gasteiger partial charge < -0.3 is 0 Å². The number of hydrogen-bond acceptors (Lipinski definition) is 4. The first-order valence-corrected chi connectivity index (χ1v) is 9.89. The molecule has 0 bridgehead atoms. The molecule has 0 aliphatic carbocycles. The number of hydrogen-bond donors (Lipinski definition) is 0. The molecule has 4 rings (SSSR count). The number of thiazole rings is 1. The zero-order valence-corrected chi connectivity index (χ0v) is 16.1. The molecule has 0 amide bonds. The van der Waals surface area contributed by atoms with Gasteiger partial charge in [-0.05, 0) is 81.5 Å². The zero-order valence-electron chi connectivity index (χ0n) is 15.2. The SMILES string of the molecule is Cc1cc(CC2CCN(Cc3ccc4sc(C)nc4c3)C2)cc(C)n1. The fourth-order valence-electron chi connectivity index (χ4n) is 4.04. The number of nitrogens with zero attached hydrogens (tertiary/aromatic N) is 3. The highest BCUT2D eigenvalue weighted by Crippen LogP contribution is 2.26. The highest BCUT2D eigenvalue weighted by molar-refractivity contribution is 7.18. The number of fused-ring (bicyclic) bond motifs is 1. The van der Waals surface area contributed by atoms with Crippen molar-refractivity contribution in [1.29, 1.82) is 0 Å². The van der Waals surface area contributed by atoms with Crippen LogP contribution in [0.3, 0.4) is 0 Å². The normalized spacial score (nSPS) is 18.3. The molecule has 0 saturated carbocycles. The number of aryl methyl sites for hydroxylation is 3. The van der Waals surface area contributed by atoms with Crippen LogP contribution in [0.5, 0.6) is 0 Å². The van der Waals surface area contributed by atoms with Gasteiger partial charge in [0.25, 0.3) is 0 Å². The van der Waals surface area contributed by atoms with Crippen molar-refractivity contribution < 1.29 is 0 Å². The lowest BCUT2D eigenvalue weighted by molar-refractivity contribution is 0.316. The Balaban J connectivity index is 1.39. The molecule has 1 fully saturated rings. The third-order valence-corrected chi connectivity index (χ3v) is 5.95. The van der Waals surface area contributed by atoms with Crippen LogP contribution in [0.25, 0.3) is 10.2 Å². The minimum atomic E-state index is 0.756. The van der Waals surface area contributed by atoms with Gasteiger partial charge in [0.1, 0.15) is 0 Å². The quantitative estimate of drug-likeness (QED) is 0.683. The van der Waals surface area contributed by atoms with Crippen LogP contribution < -0.4 is 0 Å². The Bertz CT molecular complexity index is 879. The van der Waals surface area contributed by atoms with Gasteiger partial charge in [-0.2, -0.15) is 0 Å². The van der Waals surface area contributed by atoms with E-state index < -0.39 is 0 Å². The first-order chi connectivity index (χ1) is 12.0. The van der Waals surface area contributed by atoms with E-state index in [0.717, 1.165) is 34.4 Å². The molecule has 3 aromatic rings. The average Bonchev–Trinajstić information content (AvgIpc) is 3.11. The average molecular weight is 352 g/mol. The zero-order chi connectivity index (χ0) is 17.4. The number of aromatic nitrogens is 2. The van der Waals surface area contributed by atoms with Gasteiger partial charge in [0, 0.05) is 24.5 Å². The third-order valence-electron chi connectivity index (χ3n) is 5.00. The van der Waals surface area contributed by atoms with Gasteiger partial charge in [-0.3, -0.25) is 9.88 Å². The van der Waals surface area contributed by atoms with E-state index in [-0.39, 0.29) is 0 Å². The van der Waals surface area contributed by atoms with E-state index in [0.29, 0.717) is 0 Å². The largest absolute Gasteiger partial charge is 0.299 e. The van der Waals surface area contributed by atoms with Crippen LogP contribution in [0, 0.1) is 26.7 Å². The summed E-state index contributed by atoms with van der Waals surface area (Å²) in [5, 5.41) is 1.15. The van der Waals surface area contributed by atoms with Crippen molar-refractivity contribution in [3.05, 3.63) is 57.9 Å². The fourth-order valence-corrected chi connectivity index (χ4v) is 4.85. The summed E-state index contributed by atoms with van der Waals surface area (Å²) in [5.41, 5.74) is 6.25. The van der Waals surface area contributed by atoms with Gasteiger partial charge in [-0.25, -0.2) is 4.98 Å². The monoisotopic (exact) mass is 351 g/mol. The molecule has 4 heteroatoms. The smallest absolute Gasteiger partial charge is 0.0907 e. The summed E-state index contributed by atoms with van der Waals surface area (Å²) >= 11 is 1.78. The van der Waals surface area contributed by atoms with Crippen molar-refractivity contribution in [3.8, 4) is 0 Å². The second-order valence-corrected chi connectivity index (χ2v) is 8.62. The van der Waals surface area contributed by atoms with Crippen LogP contribution >= 0.6 is 11.3 Å². The van der Waals surface area contributed by atoms with Crippen molar-refractivity contribution in [3.63, 3.8) is 0 Å². The van der Waals surface area contributed by atoms with Gasteiger partial charge >= 0.3 is 0 Å². The van der Waals surface area contributed by atoms with Crippen LogP contribution in [0.2, 0.25) is 0 Å². The molecule has 1 atom stereocenters.